The zero-order valence-corrected chi connectivity index (χ0v) is 16.8. The Morgan fingerprint density at radius 1 is 1.07 bits per heavy atom. The van der Waals surface area contributed by atoms with Crippen LogP contribution in [0.1, 0.15) is 20.8 Å². The van der Waals surface area contributed by atoms with Gasteiger partial charge in [0.15, 0.2) is 5.17 Å². The molecule has 3 aromatic rings. The zero-order valence-electron chi connectivity index (χ0n) is 15.9. The van der Waals surface area contributed by atoms with Crippen molar-refractivity contribution in [2.24, 2.45) is 4.99 Å². The zero-order chi connectivity index (χ0) is 19.4. The van der Waals surface area contributed by atoms with Gasteiger partial charge < -0.3 is 10.1 Å². The molecule has 0 saturated carbocycles. The first kappa shape index (κ1) is 19.2. The average molecular weight is 382 g/mol. The molecule has 5 nitrogen and oxygen atoms in total. The number of hydrogen-bond donors (Lipinski definition) is 1. The Hall–Kier alpha value is -2.60. The van der Waals surface area contributed by atoms with Crippen molar-refractivity contribution >= 4 is 50.4 Å². The van der Waals surface area contributed by atoms with Crippen molar-refractivity contribution in [1.29, 1.82) is 0 Å². The van der Waals surface area contributed by atoms with Crippen LogP contribution in [-0.4, -0.2) is 34.5 Å². The van der Waals surface area contributed by atoms with E-state index in [0.29, 0.717) is 5.17 Å². The van der Waals surface area contributed by atoms with Crippen LogP contribution >= 0.6 is 11.8 Å². The molecule has 140 valence electrons. The maximum atomic E-state index is 11.6. The van der Waals surface area contributed by atoms with E-state index in [1.54, 1.807) is 0 Å². The SMILES string of the molecule is COC(=O)CSC(=NC(C)(C)C)Nc1c2ccccc2nc2ccccc12. The molecule has 6 heteroatoms. The first-order chi connectivity index (χ1) is 12.9. The lowest BCUT2D eigenvalue weighted by Gasteiger charge is -2.19. The number of pyridine rings is 1. The smallest absolute Gasteiger partial charge is 0.316 e. The van der Waals surface area contributed by atoms with Gasteiger partial charge in [0.1, 0.15) is 0 Å². The Morgan fingerprint density at radius 2 is 1.63 bits per heavy atom. The quantitative estimate of drug-likeness (QED) is 0.304. The number of benzene rings is 2. The van der Waals surface area contributed by atoms with Crippen molar-refractivity contribution in [2.75, 3.05) is 18.2 Å². The number of nitrogens with zero attached hydrogens (tertiary/aromatic N) is 2. The molecule has 0 atom stereocenters. The van der Waals surface area contributed by atoms with E-state index in [1.165, 1.54) is 18.9 Å². The number of esters is 1. The fraction of sp³-hybridized carbons (Fsp3) is 0.286. The van der Waals surface area contributed by atoms with Crippen molar-refractivity contribution in [1.82, 2.24) is 4.98 Å². The predicted molar refractivity (Wildman–Crippen MR) is 115 cm³/mol. The van der Waals surface area contributed by atoms with E-state index in [9.17, 15) is 4.79 Å². The van der Waals surface area contributed by atoms with E-state index in [4.69, 9.17) is 14.7 Å². The van der Waals surface area contributed by atoms with Crippen LogP contribution in [0.2, 0.25) is 0 Å². The number of anilines is 1. The number of para-hydroxylation sites is 2. The molecule has 0 spiro atoms. The molecule has 0 aliphatic heterocycles. The summed E-state index contributed by atoms with van der Waals surface area (Å²) in [6.45, 7) is 6.07. The summed E-state index contributed by atoms with van der Waals surface area (Å²) in [6, 6.07) is 16.0. The number of methoxy groups -OCH3 is 1. The fourth-order valence-corrected chi connectivity index (χ4v) is 3.55. The van der Waals surface area contributed by atoms with Gasteiger partial charge in [-0.25, -0.2) is 4.98 Å². The highest BCUT2D eigenvalue weighted by Gasteiger charge is 2.16. The number of nitrogens with one attached hydrogen (secondary N) is 1. The highest BCUT2D eigenvalue weighted by Crippen LogP contribution is 2.31. The number of fused-ring (bicyclic) bond motifs is 2. The van der Waals surface area contributed by atoms with Crippen molar-refractivity contribution in [2.45, 2.75) is 26.3 Å². The third-order valence-electron chi connectivity index (χ3n) is 3.81. The minimum absolute atomic E-state index is 0.194. The Labute approximate surface area is 163 Å². The molecule has 1 N–H and O–H groups in total. The molecule has 0 fully saturated rings. The average Bonchev–Trinajstić information content (AvgIpc) is 2.64. The van der Waals surface area contributed by atoms with Gasteiger partial charge >= 0.3 is 5.97 Å². The Morgan fingerprint density at radius 3 is 2.15 bits per heavy atom. The van der Waals surface area contributed by atoms with Gasteiger partial charge in [-0.2, -0.15) is 0 Å². The largest absolute Gasteiger partial charge is 0.468 e. The lowest BCUT2D eigenvalue weighted by Crippen LogP contribution is -2.20. The van der Waals surface area contributed by atoms with E-state index in [1.807, 2.05) is 69.3 Å². The molecular formula is C21H23N3O2S. The fourth-order valence-electron chi connectivity index (χ4n) is 2.67. The Kier molecular flexibility index (Phi) is 5.65. The molecule has 0 saturated heterocycles. The van der Waals surface area contributed by atoms with Crippen molar-refractivity contribution < 1.29 is 9.53 Å². The molecule has 0 unspecified atom stereocenters. The summed E-state index contributed by atoms with van der Waals surface area (Å²) in [5, 5.41) is 6.16. The molecule has 1 aromatic heterocycles. The molecule has 0 amide bonds. The summed E-state index contributed by atoms with van der Waals surface area (Å²) < 4.78 is 4.77. The molecule has 27 heavy (non-hydrogen) atoms. The summed E-state index contributed by atoms with van der Waals surface area (Å²) >= 11 is 1.34. The van der Waals surface area contributed by atoms with Crippen molar-refractivity contribution in [3.05, 3.63) is 48.5 Å². The lowest BCUT2D eigenvalue weighted by atomic mass is 10.1. The number of hydrogen-bond acceptors (Lipinski definition) is 5. The monoisotopic (exact) mass is 381 g/mol. The lowest BCUT2D eigenvalue weighted by molar-refractivity contribution is -0.137. The van der Waals surface area contributed by atoms with Gasteiger partial charge in [0, 0.05) is 10.8 Å². The molecule has 0 aliphatic carbocycles. The third-order valence-corrected chi connectivity index (χ3v) is 4.66. The Bertz CT molecular complexity index is 955. The number of ether oxygens (including phenoxy) is 1. The minimum atomic E-state index is -0.288. The summed E-state index contributed by atoms with van der Waals surface area (Å²) in [7, 11) is 1.39. The second-order valence-corrected chi connectivity index (χ2v) is 8.06. The maximum absolute atomic E-state index is 11.6. The van der Waals surface area contributed by atoms with Crippen LogP contribution < -0.4 is 5.32 Å². The number of thioether (sulfide) groups is 1. The second-order valence-electron chi connectivity index (χ2n) is 7.10. The van der Waals surface area contributed by atoms with Gasteiger partial charge in [0.05, 0.1) is 35.1 Å². The van der Waals surface area contributed by atoms with E-state index in [2.05, 4.69) is 5.32 Å². The van der Waals surface area contributed by atoms with Crippen molar-refractivity contribution in [3.8, 4) is 0 Å². The van der Waals surface area contributed by atoms with Crippen LogP contribution in [-0.2, 0) is 9.53 Å². The van der Waals surface area contributed by atoms with E-state index in [0.717, 1.165) is 27.5 Å². The Balaban J connectivity index is 2.10. The summed E-state index contributed by atoms with van der Waals surface area (Å²) in [4.78, 5) is 21.1. The molecular weight excluding hydrogens is 358 g/mol. The highest BCUT2D eigenvalue weighted by molar-refractivity contribution is 8.14. The topological polar surface area (TPSA) is 63.6 Å². The number of aromatic nitrogens is 1. The predicted octanol–water partition coefficient (Wildman–Crippen LogP) is 4.86. The third kappa shape index (κ3) is 4.77. The van der Waals surface area contributed by atoms with Gasteiger partial charge in [-0.05, 0) is 32.9 Å². The highest BCUT2D eigenvalue weighted by atomic mass is 32.2. The molecule has 2 aromatic carbocycles. The maximum Gasteiger partial charge on any atom is 0.316 e. The van der Waals surface area contributed by atoms with Gasteiger partial charge in [-0.1, -0.05) is 48.2 Å². The molecule has 0 aliphatic rings. The molecule has 3 rings (SSSR count). The second kappa shape index (κ2) is 7.96. The van der Waals surface area contributed by atoms with Gasteiger partial charge in [0.2, 0.25) is 0 Å². The van der Waals surface area contributed by atoms with Crippen LogP contribution in [0.5, 0.6) is 0 Å². The van der Waals surface area contributed by atoms with E-state index >= 15 is 0 Å². The normalized spacial score (nSPS) is 12.4. The number of amidine groups is 1. The number of rotatable bonds is 3. The molecule has 0 bridgehead atoms. The van der Waals surface area contributed by atoms with Crippen molar-refractivity contribution in [3.63, 3.8) is 0 Å². The first-order valence-corrected chi connectivity index (χ1v) is 9.70. The van der Waals surface area contributed by atoms with E-state index in [-0.39, 0.29) is 17.3 Å². The first-order valence-electron chi connectivity index (χ1n) is 8.71. The molecule has 0 radical (unpaired) electrons. The molecule has 1 heterocycles. The summed E-state index contributed by atoms with van der Waals surface area (Å²) in [6.07, 6.45) is 0. The summed E-state index contributed by atoms with van der Waals surface area (Å²) in [5.74, 6) is -0.0906. The van der Waals surface area contributed by atoms with Crippen LogP contribution in [0.3, 0.4) is 0 Å². The van der Waals surface area contributed by atoms with Crippen LogP contribution in [0.15, 0.2) is 53.5 Å². The number of carbonyl (C=O) groups is 1. The van der Waals surface area contributed by atoms with Gasteiger partial charge in [-0.3, -0.25) is 9.79 Å². The summed E-state index contributed by atoms with van der Waals surface area (Å²) in [5.41, 5.74) is 2.47. The van der Waals surface area contributed by atoms with Gasteiger partial charge in [0.25, 0.3) is 0 Å². The van der Waals surface area contributed by atoms with Crippen LogP contribution in [0.4, 0.5) is 5.69 Å². The number of aliphatic imine (C=N–C) groups is 1. The van der Waals surface area contributed by atoms with Crippen LogP contribution in [0.25, 0.3) is 21.8 Å². The van der Waals surface area contributed by atoms with Gasteiger partial charge in [-0.15, -0.1) is 0 Å². The van der Waals surface area contributed by atoms with E-state index < -0.39 is 0 Å². The standard InChI is InChI=1S/C21H23N3O2S/c1-21(2,3)24-20(27-13-18(25)26-4)23-19-14-9-5-7-11-16(14)22-17-12-8-6-10-15(17)19/h5-12H,13H2,1-4H3,(H,22,23,24). The number of carbonyl (C=O) groups excluding carboxylic acids is 1. The van der Waals surface area contributed by atoms with Crippen LogP contribution in [0, 0.1) is 0 Å². The minimum Gasteiger partial charge on any atom is -0.468 e.